The molecule has 18 heavy (non-hydrogen) atoms. The highest BCUT2D eigenvalue weighted by Gasteiger charge is 2.20. The lowest BCUT2D eigenvalue weighted by molar-refractivity contribution is 0.0695. The standard InChI is InChI=1S/C7H4Cl2O7S2/c8-17(12,13)4-1-2-6(16-18(9,14)15)5(3-4)7(10)11/h1-3H,(H,10,11). The Labute approximate surface area is 111 Å². The molecule has 1 rings (SSSR count). The van der Waals surface area contributed by atoms with Gasteiger partial charge in [0.15, 0.2) is 5.75 Å². The molecule has 0 spiro atoms. The zero-order valence-electron chi connectivity index (χ0n) is 8.20. The van der Waals surface area contributed by atoms with E-state index >= 15 is 0 Å². The van der Waals surface area contributed by atoms with E-state index in [-0.39, 0.29) is 0 Å². The molecule has 0 heterocycles. The fraction of sp³-hybridized carbons (Fsp3) is 0. The lowest BCUT2D eigenvalue weighted by atomic mass is 10.2. The minimum absolute atomic E-state index is 0.513. The van der Waals surface area contributed by atoms with Crippen molar-refractivity contribution in [2.75, 3.05) is 0 Å². The van der Waals surface area contributed by atoms with Crippen molar-refractivity contribution in [2.45, 2.75) is 4.90 Å². The minimum atomic E-state index is -4.46. The zero-order chi connectivity index (χ0) is 14.1. The Kier molecular flexibility index (Phi) is 4.11. The van der Waals surface area contributed by atoms with Crippen molar-refractivity contribution in [1.29, 1.82) is 0 Å². The van der Waals surface area contributed by atoms with E-state index in [1.807, 2.05) is 0 Å². The minimum Gasteiger partial charge on any atom is -0.478 e. The first-order valence-electron chi connectivity index (χ1n) is 3.97. The van der Waals surface area contributed by atoms with Crippen LogP contribution in [0.15, 0.2) is 23.1 Å². The van der Waals surface area contributed by atoms with Gasteiger partial charge in [-0.25, -0.2) is 13.2 Å². The molecule has 0 aliphatic heterocycles. The molecule has 0 bridgehead atoms. The van der Waals surface area contributed by atoms with Gasteiger partial charge in [0, 0.05) is 10.7 Å². The van der Waals surface area contributed by atoms with E-state index < -0.39 is 40.6 Å². The van der Waals surface area contributed by atoms with Crippen molar-refractivity contribution in [3.63, 3.8) is 0 Å². The number of benzene rings is 1. The normalized spacial score (nSPS) is 12.1. The van der Waals surface area contributed by atoms with Crippen molar-refractivity contribution in [3.8, 4) is 5.75 Å². The van der Waals surface area contributed by atoms with Gasteiger partial charge < -0.3 is 9.29 Å². The summed E-state index contributed by atoms with van der Waals surface area (Å²) < 4.78 is 47.5. The van der Waals surface area contributed by atoms with Gasteiger partial charge in [0.25, 0.3) is 9.05 Å². The van der Waals surface area contributed by atoms with Crippen LogP contribution >= 0.6 is 21.4 Å². The molecule has 0 atom stereocenters. The van der Waals surface area contributed by atoms with E-state index in [9.17, 15) is 21.6 Å². The molecule has 0 fully saturated rings. The number of halogens is 2. The molecule has 100 valence electrons. The highest BCUT2D eigenvalue weighted by Crippen LogP contribution is 2.26. The lowest BCUT2D eigenvalue weighted by Gasteiger charge is -2.06. The molecule has 1 N–H and O–H groups in total. The van der Waals surface area contributed by atoms with Gasteiger partial charge in [-0.3, -0.25) is 0 Å². The Morgan fingerprint density at radius 1 is 1.17 bits per heavy atom. The molecule has 0 unspecified atom stereocenters. The zero-order valence-corrected chi connectivity index (χ0v) is 11.3. The van der Waals surface area contributed by atoms with Crippen LogP contribution < -0.4 is 4.18 Å². The average molecular weight is 335 g/mol. The van der Waals surface area contributed by atoms with E-state index in [2.05, 4.69) is 4.18 Å². The van der Waals surface area contributed by atoms with E-state index in [0.29, 0.717) is 6.07 Å². The van der Waals surface area contributed by atoms with Gasteiger partial charge in [0.1, 0.15) is 5.56 Å². The van der Waals surface area contributed by atoms with Crippen molar-refractivity contribution < 1.29 is 30.9 Å². The molecule has 0 amide bonds. The first-order chi connectivity index (χ1) is 8.00. The highest BCUT2D eigenvalue weighted by atomic mass is 35.7. The third-order valence-corrected chi connectivity index (χ3v) is 3.57. The first-order valence-corrected chi connectivity index (χ1v) is 8.51. The Balaban J connectivity index is 3.44. The Bertz CT molecular complexity index is 693. The van der Waals surface area contributed by atoms with Crippen molar-refractivity contribution in [3.05, 3.63) is 23.8 Å². The molecule has 1 aromatic rings. The third kappa shape index (κ3) is 4.02. The van der Waals surface area contributed by atoms with Crippen molar-refractivity contribution in [2.24, 2.45) is 0 Å². The molecule has 7 nitrogen and oxygen atoms in total. The first kappa shape index (κ1) is 15.0. The maximum atomic E-state index is 11.0. The number of carbonyl (C=O) groups is 1. The largest absolute Gasteiger partial charge is 0.478 e. The van der Waals surface area contributed by atoms with Gasteiger partial charge in [0.05, 0.1) is 15.6 Å². The number of rotatable bonds is 4. The fourth-order valence-electron chi connectivity index (χ4n) is 1.01. The molecule has 0 saturated heterocycles. The molecular weight excluding hydrogens is 331 g/mol. The number of carboxylic acid groups (broad SMARTS) is 1. The fourth-order valence-corrected chi connectivity index (χ4v) is 2.35. The number of aromatic carboxylic acids is 1. The van der Waals surface area contributed by atoms with Crippen LogP contribution in [0.25, 0.3) is 0 Å². The highest BCUT2D eigenvalue weighted by molar-refractivity contribution is 8.13. The molecule has 0 radical (unpaired) electrons. The van der Waals surface area contributed by atoms with Crippen LogP contribution in [-0.2, 0) is 18.4 Å². The monoisotopic (exact) mass is 334 g/mol. The smallest absolute Gasteiger partial charge is 0.401 e. The average Bonchev–Trinajstić information content (AvgIpc) is 2.13. The molecule has 0 aliphatic carbocycles. The van der Waals surface area contributed by atoms with E-state index in [4.69, 9.17) is 26.5 Å². The van der Waals surface area contributed by atoms with Gasteiger partial charge >= 0.3 is 15.3 Å². The van der Waals surface area contributed by atoms with Gasteiger partial charge in [-0.15, -0.1) is 0 Å². The topological polar surface area (TPSA) is 115 Å². The molecule has 0 saturated carbocycles. The van der Waals surface area contributed by atoms with Gasteiger partial charge in [-0.1, -0.05) is 0 Å². The predicted octanol–water partition coefficient (Wildman–Crippen LogP) is 1.17. The summed E-state index contributed by atoms with van der Waals surface area (Å²) in [6.07, 6.45) is 0. The summed E-state index contributed by atoms with van der Waals surface area (Å²) >= 11 is 0. The van der Waals surface area contributed by atoms with Crippen LogP contribution in [-0.4, -0.2) is 27.9 Å². The van der Waals surface area contributed by atoms with Crippen LogP contribution in [0.5, 0.6) is 5.75 Å². The van der Waals surface area contributed by atoms with E-state index in [1.54, 1.807) is 0 Å². The Hall–Kier alpha value is -1.03. The van der Waals surface area contributed by atoms with E-state index in [1.165, 1.54) is 0 Å². The van der Waals surface area contributed by atoms with Crippen LogP contribution in [0, 0.1) is 0 Å². The molecule has 1 aromatic carbocycles. The maximum Gasteiger partial charge on any atom is 0.401 e. The Morgan fingerprint density at radius 3 is 2.11 bits per heavy atom. The SMILES string of the molecule is O=C(O)c1cc(S(=O)(=O)Cl)ccc1OS(=O)(=O)Cl. The molecule has 11 heteroatoms. The summed E-state index contributed by atoms with van der Waals surface area (Å²) in [4.78, 5) is 10.3. The molecule has 0 aromatic heterocycles. The number of hydrogen-bond acceptors (Lipinski definition) is 6. The lowest BCUT2D eigenvalue weighted by Crippen LogP contribution is -2.07. The van der Waals surface area contributed by atoms with Crippen LogP contribution in [0.2, 0.25) is 0 Å². The van der Waals surface area contributed by atoms with Crippen molar-refractivity contribution in [1.82, 2.24) is 0 Å². The summed E-state index contributed by atoms with van der Waals surface area (Å²) in [6.45, 7) is 0. The number of carboxylic acids is 1. The quantitative estimate of drug-likeness (QED) is 0.821. The van der Waals surface area contributed by atoms with Gasteiger partial charge in [-0.05, 0) is 18.2 Å². The summed E-state index contributed by atoms with van der Waals surface area (Å²) in [5.41, 5.74) is -0.707. The molecule has 0 aliphatic rings. The summed E-state index contributed by atoms with van der Waals surface area (Å²) in [7, 11) is 1.20. The van der Waals surface area contributed by atoms with Crippen LogP contribution in [0.3, 0.4) is 0 Å². The van der Waals surface area contributed by atoms with Gasteiger partial charge in [0.2, 0.25) is 0 Å². The summed E-state index contributed by atoms with van der Waals surface area (Å²) in [5, 5.41) is 8.80. The molecular formula is C7H4Cl2O7S2. The van der Waals surface area contributed by atoms with Crippen LogP contribution in [0.1, 0.15) is 10.4 Å². The third-order valence-electron chi connectivity index (χ3n) is 1.65. The second-order valence-electron chi connectivity index (χ2n) is 2.88. The summed E-state index contributed by atoms with van der Waals surface area (Å²) in [5.74, 6) is -2.23. The second kappa shape index (κ2) is 4.92. The number of hydrogen-bond donors (Lipinski definition) is 1. The van der Waals surface area contributed by atoms with E-state index in [0.717, 1.165) is 12.1 Å². The predicted molar refractivity (Wildman–Crippen MR) is 61.8 cm³/mol. The van der Waals surface area contributed by atoms with Crippen LogP contribution in [0.4, 0.5) is 0 Å². The van der Waals surface area contributed by atoms with Crippen molar-refractivity contribution >= 4 is 45.7 Å². The Morgan fingerprint density at radius 2 is 1.72 bits per heavy atom. The second-order valence-corrected chi connectivity index (χ2v) is 7.53. The van der Waals surface area contributed by atoms with Gasteiger partial charge in [-0.2, -0.15) is 8.42 Å². The summed E-state index contributed by atoms with van der Waals surface area (Å²) in [6, 6.07) is 2.35. The maximum absolute atomic E-state index is 11.0.